The molecule has 22 heavy (non-hydrogen) atoms. The normalized spacial score (nSPS) is 11.5. The summed E-state index contributed by atoms with van der Waals surface area (Å²) in [6.45, 7) is 3.18. The van der Waals surface area contributed by atoms with Crippen LogP contribution in [0.15, 0.2) is 60.7 Å². The summed E-state index contributed by atoms with van der Waals surface area (Å²) >= 11 is 0. The predicted molar refractivity (Wildman–Crippen MR) is 90.8 cm³/mol. The minimum absolute atomic E-state index is 0.617. The molecule has 0 atom stereocenters. The molecular formula is C18H24O3Si. The molecule has 0 aromatic heterocycles. The van der Waals surface area contributed by atoms with Crippen molar-refractivity contribution in [2.45, 2.75) is 19.4 Å². The van der Waals surface area contributed by atoms with Crippen LogP contribution >= 0.6 is 0 Å². The maximum absolute atomic E-state index is 5.92. The van der Waals surface area contributed by atoms with Gasteiger partial charge in [0.05, 0.1) is 0 Å². The van der Waals surface area contributed by atoms with Gasteiger partial charge in [-0.1, -0.05) is 60.7 Å². The molecule has 0 radical (unpaired) electrons. The lowest BCUT2D eigenvalue weighted by Crippen LogP contribution is -2.42. The van der Waals surface area contributed by atoms with Crippen LogP contribution < -0.4 is 0 Å². The minimum atomic E-state index is -2.53. The first kappa shape index (κ1) is 16.9. The smallest absolute Gasteiger partial charge is 0.377 e. The Morgan fingerprint density at radius 1 is 0.727 bits per heavy atom. The Morgan fingerprint density at radius 2 is 1.14 bits per heavy atom. The van der Waals surface area contributed by atoms with Crippen LogP contribution in [0.4, 0.5) is 0 Å². The maximum Gasteiger partial charge on any atom is 0.497 e. The first-order valence-electron chi connectivity index (χ1n) is 7.63. The van der Waals surface area contributed by atoms with Gasteiger partial charge in [0.25, 0.3) is 0 Å². The van der Waals surface area contributed by atoms with Crippen LogP contribution in [0, 0.1) is 0 Å². The maximum atomic E-state index is 5.92. The van der Waals surface area contributed by atoms with Crippen LogP contribution in [0.3, 0.4) is 0 Å². The summed E-state index contributed by atoms with van der Waals surface area (Å²) in [7, 11) is -0.867. The molecule has 0 aliphatic carbocycles. The zero-order valence-electron chi connectivity index (χ0n) is 13.3. The van der Waals surface area contributed by atoms with Gasteiger partial charge >= 0.3 is 8.80 Å². The standard InChI is InChI=1S/C18H24O3Si/c1-19-22(2,20-15-13-17-9-5-3-6-10-17)21-16-14-18-11-7-4-8-12-18/h3-12H,13-16H2,1-2H3. The Hall–Kier alpha value is -1.46. The van der Waals surface area contributed by atoms with E-state index < -0.39 is 8.80 Å². The summed E-state index contributed by atoms with van der Waals surface area (Å²) in [5.41, 5.74) is 2.53. The molecule has 2 aromatic carbocycles. The molecule has 0 fully saturated rings. The van der Waals surface area contributed by atoms with Crippen LogP contribution in [0.25, 0.3) is 0 Å². The Labute approximate surface area is 134 Å². The second-order valence-corrected chi connectivity index (χ2v) is 7.94. The van der Waals surface area contributed by atoms with Gasteiger partial charge in [-0.3, -0.25) is 0 Å². The molecule has 0 saturated heterocycles. The van der Waals surface area contributed by atoms with Gasteiger partial charge in [0.15, 0.2) is 0 Å². The molecule has 0 aliphatic heterocycles. The molecule has 0 amide bonds. The van der Waals surface area contributed by atoms with Crippen molar-refractivity contribution in [3.8, 4) is 0 Å². The van der Waals surface area contributed by atoms with E-state index in [-0.39, 0.29) is 0 Å². The van der Waals surface area contributed by atoms with E-state index in [2.05, 4.69) is 24.3 Å². The first-order valence-corrected chi connectivity index (χ1v) is 9.85. The first-order chi connectivity index (χ1) is 10.7. The third-order valence-corrected chi connectivity index (χ3v) is 5.77. The number of rotatable bonds is 9. The molecule has 0 N–H and O–H groups in total. The summed E-state index contributed by atoms with van der Waals surface area (Å²) in [4.78, 5) is 0. The van der Waals surface area contributed by atoms with Crippen molar-refractivity contribution in [1.29, 1.82) is 0 Å². The monoisotopic (exact) mass is 316 g/mol. The third kappa shape index (κ3) is 5.73. The molecule has 0 unspecified atom stereocenters. The van der Waals surface area contributed by atoms with Crippen LogP contribution in [-0.4, -0.2) is 29.1 Å². The Kier molecular flexibility index (Phi) is 6.80. The third-order valence-electron chi connectivity index (χ3n) is 3.57. The van der Waals surface area contributed by atoms with E-state index in [1.165, 1.54) is 11.1 Å². The molecule has 3 nitrogen and oxygen atoms in total. The molecule has 0 saturated carbocycles. The fourth-order valence-corrected chi connectivity index (χ4v) is 3.42. The minimum Gasteiger partial charge on any atom is -0.377 e. The van der Waals surface area contributed by atoms with Gasteiger partial charge in [0, 0.05) is 26.9 Å². The summed E-state index contributed by atoms with van der Waals surface area (Å²) in [6, 6.07) is 20.6. The number of hydrogen-bond donors (Lipinski definition) is 0. The quantitative estimate of drug-likeness (QED) is 0.660. The highest BCUT2D eigenvalue weighted by atomic mass is 28.4. The highest BCUT2D eigenvalue weighted by Gasteiger charge is 2.33. The van der Waals surface area contributed by atoms with E-state index in [0.29, 0.717) is 13.2 Å². The lowest BCUT2D eigenvalue weighted by atomic mass is 10.2. The van der Waals surface area contributed by atoms with E-state index in [9.17, 15) is 0 Å². The van der Waals surface area contributed by atoms with E-state index in [4.69, 9.17) is 13.3 Å². The van der Waals surface area contributed by atoms with Crippen molar-refractivity contribution in [1.82, 2.24) is 0 Å². The van der Waals surface area contributed by atoms with Crippen molar-refractivity contribution in [2.75, 3.05) is 20.3 Å². The number of hydrogen-bond acceptors (Lipinski definition) is 3. The average Bonchev–Trinajstić information content (AvgIpc) is 2.57. The molecule has 0 aliphatic rings. The van der Waals surface area contributed by atoms with Gasteiger partial charge in [-0.15, -0.1) is 0 Å². The Balaban J connectivity index is 1.73. The summed E-state index contributed by atoms with van der Waals surface area (Å²) in [6.07, 6.45) is 1.74. The summed E-state index contributed by atoms with van der Waals surface area (Å²) in [5, 5.41) is 0. The fourth-order valence-electron chi connectivity index (χ4n) is 2.16. The van der Waals surface area contributed by atoms with Gasteiger partial charge < -0.3 is 13.3 Å². The molecule has 0 bridgehead atoms. The molecular weight excluding hydrogens is 292 g/mol. The molecule has 2 aromatic rings. The van der Waals surface area contributed by atoms with Crippen molar-refractivity contribution < 1.29 is 13.3 Å². The SMILES string of the molecule is CO[Si](C)(OCCc1ccccc1)OCCc1ccccc1. The lowest BCUT2D eigenvalue weighted by molar-refractivity contribution is 0.0862. The number of benzene rings is 2. The second kappa shape index (κ2) is 8.85. The zero-order chi connectivity index (χ0) is 15.7. The van der Waals surface area contributed by atoms with Crippen LogP contribution in [0.5, 0.6) is 0 Å². The Bertz CT molecular complexity index is 485. The van der Waals surface area contributed by atoms with Crippen molar-refractivity contribution in [3.05, 3.63) is 71.8 Å². The van der Waals surface area contributed by atoms with Gasteiger partial charge in [0.2, 0.25) is 0 Å². The highest BCUT2D eigenvalue weighted by Crippen LogP contribution is 2.11. The highest BCUT2D eigenvalue weighted by molar-refractivity contribution is 6.59. The van der Waals surface area contributed by atoms with E-state index in [0.717, 1.165) is 12.8 Å². The van der Waals surface area contributed by atoms with Crippen LogP contribution in [-0.2, 0) is 26.1 Å². The van der Waals surface area contributed by atoms with Crippen molar-refractivity contribution in [3.63, 3.8) is 0 Å². The van der Waals surface area contributed by atoms with Crippen molar-refractivity contribution in [2.24, 2.45) is 0 Å². The van der Waals surface area contributed by atoms with Gasteiger partial charge in [-0.25, -0.2) is 0 Å². The lowest BCUT2D eigenvalue weighted by Gasteiger charge is -2.24. The average molecular weight is 316 g/mol. The van der Waals surface area contributed by atoms with Crippen molar-refractivity contribution >= 4 is 8.80 Å². The molecule has 2 rings (SSSR count). The topological polar surface area (TPSA) is 27.7 Å². The van der Waals surface area contributed by atoms with Gasteiger partial charge in [-0.2, -0.15) is 0 Å². The zero-order valence-corrected chi connectivity index (χ0v) is 14.3. The molecule has 118 valence electrons. The molecule has 0 spiro atoms. The Morgan fingerprint density at radius 3 is 1.50 bits per heavy atom. The second-order valence-electron chi connectivity index (χ2n) is 5.23. The molecule has 4 heteroatoms. The van der Waals surface area contributed by atoms with E-state index in [1.54, 1.807) is 7.11 Å². The fraction of sp³-hybridized carbons (Fsp3) is 0.333. The van der Waals surface area contributed by atoms with Gasteiger partial charge in [-0.05, 0) is 24.0 Å². The van der Waals surface area contributed by atoms with E-state index >= 15 is 0 Å². The summed E-state index contributed by atoms with van der Waals surface area (Å²) in [5.74, 6) is 0. The van der Waals surface area contributed by atoms with Crippen LogP contribution in [0.1, 0.15) is 11.1 Å². The predicted octanol–water partition coefficient (Wildman–Crippen LogP) is 3.72. The summed E-state index contributed by atoms with van der Waals surface area (Å²) < 4.78 is 17.3. The molecule has 0 heterocycles. The largest absolute Gasteiger partial charge is 0.497 e. The van der Waals surface area contributed by atoms with Gasteiger partial charge in [0.1, 0.15) is 0 Å². The van der Waals surface area contributed by atoms with Crippen LogP contribution in [0.2, 0.25) is 6.55 Å². The van der Waals surface area contributed by atoms with E-state index in [1.807, 2.05) is 42.9 Å².